The van der Waals surface area contributed by atoms with E-state index in [1.165, 1.54) is 5.56 Å². The Morgan fingerprint density at radius 3 is 2.55 bits per heavy atom. The molecule has 1 aromatic rings. The number of piperidine rings is 1. The molecule has 0 bridgehead atoms. The molecular weight excluding hydrogens is 254 g/mol. The second kappa shape index (κ2) is 5.54. The first kappa shape index (κ1) is 13.6. The largest absolute Gasteiger partial charge is 0.479 e. The molecule has 2 saturated heterocycles. The van der Waals surface area contributed by atoms with Crippen LogP contribution in [0.4, 0.5) is 0 Å². The van der Waals surface area contributed by atoms with Crippen LogP contribution in [-0.2, 0) is 16.1 Å². The molecule has 4 heteroatoms. The van der Waals surface area contributed by atoms with Crippen molar-refractivity contribution in [2.24, 2.45) is 0 Å². The van der Waals surface area contributed by atoms with E-state index in [4.69, 9.17) is 9.84 Å². The van der Waals surface area contributed by atoms with Crippen molar-refractivity contribution in [3.05, 3.63) is 35.9 Å². The van der Waals surface area contributed by atoms with Gasteiger partial charge in [-0.1, -0.05) is 30.3 Å². The number of carboxylic acid groups (broad SMARTS) is 1. The summed E-state index contributed by atoms with van der Waals surface area (Å²) in [7, 11) is 0. The lowest BCUT2D eigenvalue weighted by Crippen LogP contribution is -2.44. The average Bonchev–Trinajstić information content (AvgIpc) is 2.87. The van der Waals surface area contributed by atoms with Gasteiger partial charge >= 0.3 is 5.97 Å². The maximum absolute atomic E-state index is 11.0. The molecule has 1 aromatic carbocycles. The highest BCUT2D eigenvalue weighted by molar-refractivity contribution is 5.72. The maximum atomic E-state index is 11.0. The predicted octanol–water partition coefficient (Wildman–Crippen LogP) is 2.28. The summed E-state index contributed by atoms with van der Waals surface area (Å²) in [5, 5.41) is 9.04. The summed E-state index contributed by atoms with van der Waals surface area (Å²) in [6.45, 7) is 2.95. The number of carbonyl (C=O) groups is 1. The number of aliphatic carboxylic acids is 1. The van der Waals surface area contributed by atoms with Crippen molar-refractivity contribution in [2.45, 2.75) is 43.9 Å². The van der Waals surface area contributed by atoms with Crippen LogP contribution in [-0.4, -0.2) is 40.8 Å². The molecule has 108 valence electrons. The number of nitrogens with zero attached hydrogens (tertiary/aromatic N) is 1. The second-order valence-electron chi connectivity index (χ2n) is 5.93. The minimum atomic E-state index is -0.811. The van der Waals surface area contributed by atoms with Crippen LogP contribution < -0.4 is 0 Å². The van der Waals surface area contributed by atoms with Crippen molar-refractivity contribution < 1.29 is 14.6 Å². The molecule has 2 heterocycles. The third-order valence-electron chi connectivity index (χ3n) is 4.55. The van der Waals surface area contributed by atoms with Gasteiger partial charge in [-0.3, -0.25) is 4.90 Å². The number of ether oxygens (including phenoxy) is 1. The molecule has 0 radical (unpaired) electrons. The predicted molar refractivity (Wildman–Crippen MR) is 75.4 cm³/mol. The molecule has 0 aliphatic carbocycles. The number of carboxylic acids is 1. The van der Waals surface area contributed by atoms with E-state index in [2.05, 4.69) is 29.2 Å². The van der Waals surface area contributed by atoms with Crippen LogP contribution in [0.1, 0.15) is 31.2 Å². The van der Waals surface area contributed by atoms with Gasteiger partial charge in [0, 0.05) is 19.6 Å². The van der Waals surface area contributed by atoms with Crippen LogP contribution >= 0.6 is 0 Å². The minimum absolute atomic E-state index is 0.170. The van der Waals surface area contributed by atoms with Gasteiger partial charge in [-0.2, -0.15) is 0 Å². The smallest absolute Gasteiger partial charge is 0.332 e. The lowest BCUT2D eigenvalue weighted by atomic mass is 9.88. The van der Waals surface area contributed by atoms with Crippen LogP contribution in [0.5, 0.6) is 0 Å². The molecule has 0 unspecified atom stereocenters. The Hall–Kier alpha value is -1.39. The molecule has 0 aromatic heterocycles. The molecule has 1 atom stereocenters. The SMILES string of the molecule is O=C(O)[C@@H]1CCC2(CCN(Cc3ccccc3)CC2)O1. The van der Waals surface area contributed by atoms with E-state index in [9.17, 15) is 4.79 Å². The van der Waals surface area contributed by atoms with Crippen LogP contribution in [0.3, 0.4) is 0 Å². The summed E-state index contributed by atoms with van der Waals surface area (Å²) >= 11 is 0. The van der Waals surface area contributed by atoms with Crippen molar-refractivity contribution in [2.75, 3.05) is 13.1 Å². The van der Waals surface area contributed by atoms with E-state index in [0.29, 0.717) is 6.42 Å². The molecule has 4 nitrogen and oxygen atoms in total. The summed E-state index contributed by atoms with van der Waals surface area (Å²) in [4.78, 5) is 13.4. The lowest BCUT2D eigenvalue weighted by molar-refractivity contribution is -0.157. The van der Waals surface area contributed by atoms with Gasteiger partial charge in [0.05, 0.1) is 5.60 Å². The van der Waals surface area contributed by atoms with E-state index in [-0.39, 0.29) is 5.60 Å². The summed E-state index contributed by atoms with van der Waals surface area (Å²) in [5.74, 6) is -0.811. The van der Waals surface area contributed by atoms with Crippen molar-refractivity contribution in [3.63, 3.8) is 0 Å². The highest BCUT2D eigenvalue weighted by Gasteiger charge is 2.44. The van der Waals surface area contributed by atoms with Crippen molar-refractivity contribution >= 4 is 5.97 Å². The lowest BCUT2D eigenvalue weighted by Gasteiger charge is -2.39. The first-order chi connectivity index (χ1) is 9.67. The highest BCUT2D eigenvalue weighted by atomic mass is 16.5. The fourth-order valence-corrected chi connectivity index (χ4v) is 3.32. The summed E-state index contributed by atoms with van der Waals surface area (Å²) in [6, 6.07) is 10.5. The molecule has 1 spiro atoms. The quantitative estimate of drug-likeness (QED) is 0.919. The molecule has 1 N–H and O–H groups in total. The fraction of sp³-hybridized carbons (Fsp3) is 0.562. The van der Waals surface area contributed by atoms with Crippen molar-refractivity contribution in [1.29, 1.82) is 0 Å². The Kier molecular flexibility index (Phi) is 3.76. The van der Waals surface area contributed by atoms with Gasteiger partial charge in [-0.25, -0.2) is 4.79 Å². The van der Waals surface area contributed by atoms with Crippen LogP contribution in [0, 0.1) is 0 Å². The summed E-state index contributed by atoms with van der Waals surface area (Å²) < 4.78 is 5.82. The third kappa shape index (κ3) is 2.86. The van der Waals surface area contributed by atoms with Crippen LogP contribution in [0.15, 0.2) is 30.3 Å². The van der Waals surface area contributed by atoms with Gasteiger partial charge in [0.15, 0.2) is 6.10 Å². The van der Waals surface area contributed by atoms with Gasteiger partial charge in [-0.15, -0.1) is 0 Å². The fourth-order valence-electron chi connectivity index (χ4n) is 3.32. The Labute approximate surface area is 119 Å². The number of hydrogen-bond acceptors (Lipinski definition) is 3. The zero-order chi connectivity index (χ0) is 14.0. The van der Waals surface area contributed by atoms with E-state index >= 15 is 0 Å². The first-order valence-electron chi connectivity index (χ1n) is 7.34. The molecule has 0 amide bonds. The van der Waals surface area contributed by atoms with Crippen molar-refractivity contribution in [3.8, 4) is 0 Å². The molecule has 0 saturated carbocycles. The summed E-state index contributed by atoms with van der Waals surface area (Å²) in [5.41, 5.74) is 1.16. The Morgan fingerprint density at radius 1 is 1.25 bits per heavy atom. The second-order valence-corrected chi connectivity index (χ2v) is 5.93. The number of likely N-dealkylation sites (tertiary alicyclic amines) is 1. The molecule has 20 heavy (non-hydrogen) atoms. The molecule has 2 fully saturated rings. The van der Waals surface area contributed by atoms with Crippen LogP contribution in [0.2, 0.25) is 0 Å². The highest BCUT2D eigenvalue weighted by Crippen LogP contribution is 2.39. The normalized spacial score (nSPS) is 25.9. The van der Waals surface area contributed by atoms with Crippen LogP contribution in [0.25, 0.3) is 0 Å². The Balaban J connectivity index is 1.54. The zero-order valence-corrected chi connectivity index (χ0v) is 11.6. The monoisotopic (exact) mass is 275 g/mol. The van der Waals surface area contributed by atoms with E-state index in [1.54, 1.807) is 0 Å². The topological polar surface area (TPSA) is 49.8 Å². The molecule has 3 rings (SSSR count). The zero-order valence-electron chi connectivity index (χ0n) is 11.6. The average molecular weight is 275 g/mol. The van der Waals surface area contributed by atoms with Gasteiger partial charge in [0.25, 0.3) is 0 Å². The van der Waals surface area contributed by atoms with E-state index in [0.717, 1.165) is 38.9 Å². The van der Waals surface area contributed by atoms with E-state index in [1.807, 2.05) is 6.07 Å². The maximum Gasteiger partial charge on any atom is 0.332 e. The number of benzene rings is 1. The van der Waals surface area contributed by atoms with Gasteiger partial charge in [0.2, 0.25) is 0 Å². The van der Waals surface area contributed by atoms with E-state index < -0.39 is 12.1 Å². The molecular formula is C16H21NO3. The number of rotatable bonds is 3. The van der Waals surface area contributed by atoms with Gasteiger partial charge < -0.3 is 9.84 Å². The number of hydrogen-bond donors (Lipinski definition) is 1. The first-order valence-corrected chi connectivity index (χ1v) is 7.34. The molecule has 2 aliphatic rings. The molecule has 2 aliphatic heterocycles. The Bertz CT molecular complexity index is 466. The minimum Gasteiger partial charge on any atom is -0.479 e. The Morgan fingerprint density at radius 2 is 1.95 bits per heavy atom. The third-order valence-corrected chi connectivity index (χ3v) is 4.55. The summed E-state index contributed by atoms with van der Waals surface area (Å²) in [6.07, 6.45) is 2.86. The van der Waals surface area contributed by atoms with Gasteiger partial charge in [-0.05, 0) is 31.2 Å². The standard InChI is InChI=1S/C16H21NO3/c18-15(19)14-6-7-16(20-14)8-10-17(11-9-16)12-13-4-2-1-3-5-13/h1-5,14H,6-12H2,(H,18,19)/t14-/m0/s1. The van der Waals surface area contributed by atoms with Crippen molar-refractivity contribution in [1.82, 2.24) is 4.90 Å². The van der Waals surface area contributed by atoms with Gasteiger partial charge in [0.1, 0.15) is 0 Å².